The minimum atomic E-state index is -0.862. The molecule has 4 atom stereocenters. The molecule has 0 aromatic heterocycles. The zero-order valence-electron chi connectivity index (χ0n) is 15.3. The number of nitrogens with zero attached hydrogens (tertiary/aromatic N) is 1. The SMILES string of the molecule is CN(C)C.[B]C(C(=O)O)C1CC/C(C)=C/CCC(C)C(C)C1. The molecule has 0 bridgehead atoms. The smallest absolute Gasteiger partial charge is 0.297 e. The minimum absolute atomic E-state index is 0.0985. The van der Waals surface area contributed by atoms with Crippen molar-refractivity contribution in [3.63, 3.8) is 0 Å². The van der Waals surface area contributed by atoms with E-state index in [2.05, 4.69) is 26.8 Å². The van der Waals surface area contributed by atoms with Crippen molar-refractivity contribution in [1.82, 2.24) is 4.90 Å². The molecule has 0 aliphatic heterocycles. The van der Waals surface area contributed by atoms with E-state index in [-0.39, 0.29) is 5.92 Å². The van der Waals surface area contributed by atoms with Gasteiger partial charge >= 0.3 is 0 Å². The molecule has 4 heteroatoms. The van der Waals surface area contributed by atoms with Crippen molar-refractivity contribution in [2.24, 2.45) is 17.8 Å². The Morgan fingerprint density at radius 2 is 1.82 bits per heavy atom. The third-order valence-electron chi connectivity index (χ3n) is 4.46. The maximum absolute atomic E-state index is 11.1. The van der Waals surface area contributed by atoms with Crippen LogP contribution in [0.5, 0.6) is 0 Å². The molecule has 1 N–H and O–H groups in total. The van der Waals surface area contributed by atoms with Gasteiger partial charge in [-0.2, -0.15) is 0 Å². The van der Waals surface area contributed by atoms with Crippen molar-refractivity contribution in [3.8, 4) is 0 Å². The normalized spacial score (nSPS) is 30.5. The quantitative estimate of drug-likeness (QED) is 0.619. The maximum atomic E-state index is 11.1. The first-order valence-electron chi connectivity index (χ1n) is 8.40. The fraction of sp³-hybridized carbons (Fsp3) is 0.833. The van der Waals surface area contributed by atoms with Gasteiger partial charge in [0.1, 0.15) is 0 Å². The van der Waals surface area contributed by atoms with Crippen LogP contribution in [0.3, 0.4) is 0 Å². The zero-order chi connectivity index (χ0) is 17.3. The van der Waals surface area contributed by atoms with Crippen molar-refractivity contribution >= 4 is 13.8 Å². The highest BCUT2D eigenvalue weighted by atomic mass is 16.4. The number of rotatable bonds is 2. The monoisotopic (exact) mass is 307 g/mol. The third kappa shape index (κ3) is 9.29. The molecule has 22 heavy (non-hydrogen) atoms. The summed E-state index contributed by atoms with van der Waals surface area (Å²) in [5, 5.41) is 9.10. The van der Waals surface area contributed by atoms with Crippen molar-refractivity contribution in [3.05, 3.63) is 11.6 Å². The van der Waals surface area contributed by atoms with Crippen molar-refractivity contribution in [2.45, 2.75) is 58.7 Å². The Bertz CT molecular complexity index is 352. The second kappa shape index (κ2) is 10.9. The summed E-state index contributed by atoms with van der Waals surface area (Å²) in [6, 6.07) is 0. The van der Waals surface area contributed by atoms with E-state index in [0.717, 1.165) is 25.7 Å². The highest BCUT2D eigenvalue weighted by Crippen LogP contribution is 2.34. The molecule has 0 aromatic carbocycles. The lowest BCUT2D eigenvalue weighted by molar-refractivity contribution is -0.138. The number of hydrogen-bond acceptors (Lipinski definition) is 2. The molecule has 1 aliphatic carbocycles. The Labute approximate surface area is 138 Å². The van der Waals surface area contributed by atoms with Gasteiger partial charge in [-0.3, -0.25) is 4.79 Å². The number of aliphatic carboxylic acids is 1. The summed E-state index contributed by atoms with van der Waals surface area (Å²) < 4.78 is 0. The Morgan fingerprint density at radius 1 is 1.27 bits per heavy atom. The van der Waals surface area contributed by atoms with Crippen LogP contribution in [0, 0.1) is 17.8 Å². The van der Waals surface area contributed by atoms with Crippen LogP contribution in [0.1, 0.15) is 52.9 Å². The van der Waals surface area contributed by atoms with Gasteiger partial charge in [0, 0.05) is 5.82 Å². The molecule has 0 amide bonds. The van der Waals surface area contributed by atoms with Crippen LogP contribution in [-0.2, 0) is 4.79 Å². The van der Waals surface area contributed by atoms with Crippen LogP contribution in [0.2, 0.25) is 5.82 Å². The van der Waals surface area contributed by atoms with E-state index in [9.17, 15) is 4.79 Å². The molecule has 126 valence electrons. The average molecular weight is 307 g/mol. The lowest BCUT2D eigenvalue weighted by atomic mass is 9.69. The Morgan fingerprint density at radius 3 is 2.32 bits per heavy atom. The summed E-state index contributed by atoms with van der Waals surface area (Å²) in [4.78, 5) is 13.1. The standard InChI is InChI=1S/C15H25BO2.C3H9N/c1-10-5-4-6-11(2)12(3)9-13(8-7-10)14(16)15(17)18;1-4(2)3/h5,11-14H,4,6-9H2,1-3H3,(H,17,18);1-3H3/b10-5+;. The van der Waals surface area contributed by atoms with Gasteiger partial charge in [0.2, 0.25) is 0 Å². The molecule has 0 aromatic rings. The molecule has 1 aliphatic rings. The number of hydrogen-bond donors (Lipinski definition) is 1. The first-order valence-corrected chi connectivity index (χ1v) is 8.40. The topological polar surface area (TPSA) is 40.5 Å². The van der Waals surface area contributed by atoms with Gasteiger partial charge in [0.15, 0.2) is 0 Å². The predicted octanol–water partition coefficient (Wildman–Crippen LogP) is 4.00. The van der Waals surface area contributed by atoms with Crippen LogP contribution < -0.4 is 0 Å². The second-order valence-corrected chi connectivity index (χ2v) is 7.32. The van der Waals surface area contributed by atoms with Gasteiger partial charge in [-0.05, 0) is 77.9 Å². The summed E-state index contributed by atoms with van der Waals surface area (Å²) in [6.45, 7) is 6.63. The first kappa shape index (κ1) is 21.2. The number of carboxylic acid groups (broad SMARTS) is 1. The average Bonchev–Trinajstić information content (AvgIpc) is 2.40. The molecular formula is C18H34BNO2. The zero-order valence-corrected chi connectivity index (χ0v) is 15.3. The van der Waals surface area contributed by atoms with Crippen molar-refractivity contribution in [1.29, 1.82) is 0 Å². The molecule has 0 spiro atoms. The van der Waals surface area contributed by atoms with Crippen LogP contribution in [0.25, 0.3) is 0 Å². The largest absolute Gasteiger partial charge is 0.482 e. The highest BCUT2D eigenvalue weighted by molar-refractivity contribution is 6.22. The van der Waals surface area contributed by atoms with Crippen molar-refractivity contribution in [2.75, 3.05) is 21.1 Å². The first-order chi connectivity index (χ1) is 10.1. The minimum Gasteiger partial charge on any atom is -0.482 e. The van der Waals surface area contributed by atoms with Gasteiger partial charge in [-0.1, -0.05) is 25.5 Å². The number of allylic oxidation sites excluding steroid dienone is 2. The van der Waals surface area contributed by atoms with E-state index in [4.69, 9.17) is 13.0 Å². The lowest BCUT2D eigenvalue weighted by Crippen LogP contribution is -2.23. The number of carbonyl (C=O) groups is 1. The predicted molar refractivity (Wildman–Crippen MR) is 95.4 cm³/mol. The van der Waals surface area contributed by atoms with Crippen LogP contribution >= 0.6 is 0 Å². The van der Waals surface area contributed by atoms with E-state index in [1.54, 1.807) is 0 Å². The lowest BCUT2D eigenvalue weighted by Gasteiger charge is -2.29. The molecule has 1 rings (SSSR count). The second-order valence-electron chi connectivity index (χ2n) is 7.32. The Balaban J connectivity index is 0.000000980. The summed E-state index contributed by atoms with van der Waals surface area (Å²) in [6.07, 6.45) is 7.44. The fourth-order valence-electron chi connectivity index (χ4n) is 2.75. The van der Waals surface area contributed by atoms with Gasteiger partial charge < -0.3 is 10.0 Å². The van der Waals surface area contributed by atoms with E-state index < -0.39 is 11.8 Å². The van der Waals surface area contributed by atoms with E-state index >= 15 is 0 Å². The van der Waals surface area contributed by atoms with Crippen LogP contribution in [0.15, 0.2) is 11.6 Å². The van der Waals surface area contributed by atoms with E-state index in [0.29, 0.717) is 11.8 Å². The Kier molecular flexibility index (Phi) is 10.5. The molecule has 0 saturated carbocycles. The van der Waals surface area contributed by atoms with Crippen LogP contribution in [0.4, 0.5) is 0 Å². The summed E-state index contributed by atoms with van der Waals surface area (Å²) in [5.74, 6) is -0.297. The molecule has 4 unspecified atom stereocenters. The van der Waals surface area contributed by atoms with Gasteiger partial charge in [0.05, 0.1) is 7.85 Å². The van der Waals surface area contributed by atoms with E-state index in [1.165, 1.54) is 12.0 Å². The van der Waals surface area contributed by atoms with Crippen molar-refractivity contribution < 1.29 is 9.90 Å². The van der Waals surface area contributed by atoms with E-state index in [1.807, 2.05) is 26.0 Å². The number of carboxylic acids is 1. The molecule has 0 heterocycles. The highest BCUT2D eigenvalue weighted by Gasteiger charge is 2.26. The summed E-state index contributed by atoms with van der Waals surface area (Å²) in [5.41, 5.74) is 1.37. The molecule has 0 saturated heterocycles. The molecule has 3 nitrogen and oxygen atoms in total. The maximum Gasteiger partial charge on any atom is 0.297 e. The van der Waals surface area contributed by atoms with Gasteiger partial charge in [-0.15, -0.1) is 0 Å². The van der Waals surface area contributed by atoms with Gasteiger partial charge in [-0.25, -0.2) is 0 Å². The summed E-state index contributed by atoms with van der Waals surface area (Å²) in [7, 11) is 11.8. The fourth-order valence-corrected chi connectivity index (χ4v) is 2.75. The molecule has 0 fully saturated rings. The van der Waals surface area contributed by atoms with Gasteiger partial charge in [0.25, 0.3) is 5.97 Å². The van der Waals surface area contributed by atoms with Crippen LogP contribution in [-0.4, -0.2) is 45.0 Å². The Hall–Kier alpha value is -0.765. The molecular weight excluding hydrogens is 273 g/mol. The third-order valence-corrected chi connectivity index (χ3v) is 4.46. The molecule has 2 radical (unpaired) electrons. The summed E-state index contributed by atoms with van der Waals surface area (Å²) >= 11 is 0.